The highest BCUT2D eigenvalue weighted by atomic mass is 19.1. The number of rotatable bonds is 5. The zero-order valence-corrected chi connectivity index (χ0v) is 14.6. The number of primary amides is 1. The van der Waals surface area contributed by atoms with Crippen LogP contribution in [0.25, 0.3) is 11.1 Å². The molecule has 4 heteroatoms. The molecule has 1 unspecified atom stereocenters. The van der Waals surface area contributed by atoms with E-state index in [0.29, 0.717) is 12.1 Å². The van der Waals surface area contributed by atoms with E-state index >= 15 is 0 Å². The lowest BCUT2D eigenvalue weighted by Gasteiger charge is -2.19. The normalized spacial score (nSPS) is 12.0. The molecule has 0 radical (unpaired) electrons. The van der Waals surface area contributed by atoms with Crippen LogP contribution in [0.5, 0.6) is 0 Å². The molecule has 0 aliphatic heterocycles. The van der Waals surface area contributed by atoms with Crippen molar-refractivity contribution in [1.29, 1.82) is 0 Å². The molecule has 132 valence electrons. The summed E-state index contributed by atoms with van der Waals surface area (Å²) in [4.78, 5) is 11.8. The number of carbonyl (C=O) groups excluding carboxylic acids is 1. The Hall–Kier alpha value is -2.98. The van der Waals surface area contributed by atoms with Crippen LogP contribution in [-0.2, 0) is 0 Å². The standard InChI is InChI=1S/C22H21FN2O/c1-14-10-11-16(19(13-24)15-6-3-2-4-7-15)12-18(14)21-17(22(25)26)8-5-9-20(21)23/h2-12,19H,13,24H2,1H3,(H2,25,26). The van der Waals surface area contributed by atoms with Crippen molar-refractivity contribution in [3.05, 3.63) is 94.8 Å². The maximum atomic E-state index is 14.6. The minimum absolute atomic E-state index is 0.0145. The van der Waals surface area contributed by atoms with Gasteiger partial charge in [0.1, 0.15) is 5.82 Å². The fourth-order valence-corrected chi connectivity index (χ4v) is 3.28. The van der Waals surface area contributed by atoms with Crippen molar-refractivity contribution in [3.63, 3.8) is 0 Å². The van der Waals surface area contributed by atoms with E-state index in [1.165, 1.54) is 12.1 Å². The highest BCUT2D eigenvalue weighted by Gasteiger charge is 2.19. The summed E-state index contributed by atoms with van der Waals surface area (Å²) in [6.07, 6.45) is 0. The summed E-state index contributed by atoms with van der Waals surface area (Å²) in [6, 6.07) is 20.1. The smallest absolute Gasteiger partial charge is 0.249 e. The predicted octanol–water partition coefficient (Wildman–Crippen LogP) is 3.99. The predicted molar refractivity (Wildman–Crippen MR) is 102 cm³/mol. The van der Waals surface area contributed by atoms with E-state index in [9.17, 15) is 9.18 Å². The third-order valence-electron chi connectivity index (χ3n) is 4.65. The molecule has 3 aromatic carbocycles. The average molecular weight is 348 g/mol. The average Bonchev–Trinajstić information content (AvgIpc) is 2.64. The second-order valence-electron chi connectivity index (χ2n) is 6.30. The van der Waals surface area contributed by atoms with Crippen LogP contribution in [0.1, 0.15) is 33.0 Å². The van der Waals surface area contributed by atoms with Crippen molar-refractivity contribution >= 4 is 5.91 Å². The number of halogens is 1. The quantitative estimate of drug-likeness (QED) is 0.732. The number of aryl methyl sites for hydroxylation is 1. The van der Waals surface area contributed by atoms with E-state index in [2.05, 4.69) is 0 Å². The Morgan fingerprint density at radius 1 is 1.00 bits per heavy atom. The van der Waals surface area contributed by atoms with Crippen LogP contribution in [0.15, 0.2) is 66.7 Å². The Bertz CT molecular complexity index is 938. The van der Waals surface area contributed by atoms with Crippen LogP contribution in [0, 0.1) is 12.7 Å². The maximum Gasteiger partial charge on any atom is 0.249 e. The molecule has 0 saturated heterocycles. The van der Waals surface area contributed by atoms with E-state index in [1.54, 1.807) is 6.07 Å². The van der Waals surface area contributed by atoms with Crippen LogP contribution in [0.3, 0.4) is 0 Å². The minimum atomic E-state index is -0.650. The lowest BCUT2D eigenvalue weighted by molar-refractivity contribution is 0.100. The number of carbonyl (C=O) groups is 1. The second-order valence-corrected chi connectivity index (χ2v) is 6.30. The second kappa shape index (κ2) is 7.50. The van der Waals surface area contributed by atoms with Crippen molar-refractivity contribution in [2.24, 2.45) is 11.5 Å². The van der Waals surface area contributed by atoms with Gasteiger partial charge < -0.3 is 11.5 Å². The molecule has 0 spiro atoms. The van der Waals surface area contributed by atoms with Crippen molar-refractivity contribution in [2.75, 3.05) is 6.54 Å². The highest BCUT2D eigenvalue weighted by Crippen LogP contribution is 2.33. The Labute approximate surface area is 152 Å². The van der Waals surface area contributed by atoms with E-state index in [1.807, 2.05) is 55.5 Å². The van der Waals surface area contributed by atoms with Crippen molar-refractivity contribution in [1.82, 2.24) is 0 Å². The van der Waals surface area contributed by atoms with E-state index in [4.69, 9.17) is 11.5 Å². The van der Waals surface area contributed by atoms with Gasteiger partial charge in [0.15, 0.2) is 0 Å². The van der Waals surface area contributed by atoms with Gasteiger partial charge in [-0.05, 0) is 41.3 Å². The first kappa shape index (κ1) is 17.8. The molecule has 3 nitrogen and oxygen atoms in total. The highest BCUT2D eigenvalue weighted by molar-refractivity contribution is 6.00. The molecule has 0 fully saturated rings. The molecular formula is C22H21FN2O. The number of benzene rings is 3. The van der Waals surface area contributed by atoms with Crippen LogP contribution in [-0.4, -0.2) is 12.5 Å². The number of hydrogen-bond donors (Lipinski definition) is 2. The molecule has 0 saturated carbocycles. The van der Waals surface area contributed by atoms with Crippen LogP contribution < -0.4 is 11.5 Å². The van der Waals surface area contributed by atoms with Gasteiger partial charge in [-0.15, -0.1) is 0 Å². The Kier molecular flexibility index (Phi) is 5.14. The van der Waals surface area contributed by atoms with E-state index in [0.717, 1.165) is 16.7 Å². The molecule has 1 amide bonds. The van der Waals surface area contributed by atoms with Gasteiger partial charge in [-0.2, -0.15) is 0 Å². The van der Waals surface area contributed by atoms with Gasteiger partial charge in [-0.25, -0.2) is 4.39 Å². The lowest BCUT2D eigenvalue weighted by Crippen LogP contribution is -2.15. The van der Waals surface area contributed by atoms with Crippen molar-refractivity contribution in [2.45, 2.75) is 12.8 Å². The van der Waals surface area contributed by atoms with E-state index < -0.39 is 11.7 Å². The van der Waals surface area contributed by atoms with Gasteiger partial charge in [0, 0.05) is 23.6 Å². The fourth-order valence-electron chi connectivity index (χ4n) is 3.28. The molecule has 3 aromatic rings. The number of amides is 1. The van der Waals surface area contributed by atoms with Crippen LogP contribution in [0.2, 0.25) is 0 Å². The van der Waals surface area contributed by atoms with Gasteiger partial charge >= 0.3 is 0 Å². The summed E-state index contributed by atoms with van der Waals surface area (Å²) in [5, 5.41) is 0. The first-order valence-corrected chi connectivity index (χ1v) is 8.47. The summed E-state index contributed by atoms with van der Waals surface area (Å²) >= 11 is 0. The van der Waals surface area contributed by atoms with Gasteiger partial charge in [0.2, 0.25) is 5.91 Å². The Morgan fingerprint density at radius 2 is 1.73 bits per heavy atom. The minimum Gasteiger partial charge on any atom is -0.366 e. The monoisotopic (exact) mass is 348 g/mol. The Morgan fingerprint density at radius 3 is 2.38 bits per heavy atom. The molecule has 26 heavy (non-hydrogen) atoms. The van der Waals surface area contributed by atoms with E-state index in [-0.39, 0.29) is 17.0 Å². The van der Waals surface area contributed by atoms with Crippen LogP contribution >= 0.6 is 0 Å². The fraction of sp³-hybridized carbons (Fsp3) is 0.136. The lowest BCUT2D eigenvalue weighted by atomic mass is 9.87. The third-order valence-corrected chi connectivity index (χ3v) is 4.65. The number of nitrogens with two attached hydrogens (primary N) is 2. The summed E-state index contributed by atoms with van der Waals surface area (Å²) < 4.78 is 14.6. The summed E-state index contributed by atoms with van der Waals surface area (Å²) in [5.74, 6) is -1.13. The Balaban J connectivity index is 2.17. The largest absolute Gasteiger partial charge is 0.366 e. The molecule has 0 heterocycles. The molecule has 0 aliphatic carbocycles. The molecule has 1 atom stereocenters. The van der Waals surface area contributed by atoms with Crippen molar-refractivity contribution in [3.8, 4) is 11.1 Å². The third kappa shape index (κ3) is 3.37. The zero-order valence-electron chi connectivity index (χ0n) is 14.6. The van der Waals surface area contributed by atoms with Gasteiger partial charge in [-0.1, -0.05) is 54.6 Å². The summed E-state index contributed by atoms with van der Waals surface area (Å²) in [5.41, 5.74) is 15.5. The van der Waals surface area contributed by atoms with Gasteiger partial charge in [0.25, 0.3) is 0 Å². The molecule has 0 bridgehead atoms. The molecule has 0 aromatic heterocycles. The number of hydrogen-bond acceptors (Lipinski definition) is 2. The zero-order chi connectivity index (χ0) is 18.7. The van der Waals surface area contributed by atoms with Crippen molar-refractivity contribution < 1.29 is 9.18 Å². The molecular weight excluding hydrogens is 327 g/mol. The SMILES string of the molecule is Cc1ccc(C(CN)c2ccccc2)cc1-c1c(F)cccc1C(N)=O. The topological polar surface area (TPSA) is 69.1 Å². The first-order chi connectivity index (χ1) is 12.5. The summed E-state index contributed by atoms with van der Waals surface area (Å²) in [6.45, 7) is 2.31. The maximum absolute atomic E-state index is 14.6. The summed E-state index contributed by atoms with van der Waals surface area (Å²) in [7, 11) is 0. The molecule has 3 rings (SSSR count). The van der Waals surface area contributed by atoms with Gasteiger partial charge in [-0.3, -0.25) is 4.79 Å². The van der Waals surface area contributed by atoms with Crippen LogP contribution in [0.4, 0.5) is 4.39 Å². The molecule has 4 N–H and O–H groups in total. The first-order valence-electron chi connectivity index (χ1n) is 8.47. The molecule has 0 aliphatic rings. The van der Waals surface area contributed by atoms with Gasteiger partial charge in [0.05, 0.1) is 0 Å².